The predicted octanol–water partition coefficient (Wildman–Crippen LogP) is 3.12. The minimum Gasteiger partial charge on any atom is -0.493 e. The van der Waals surface area contributed by atoms with Crippen LogP contribution in [0.25, 0.3) is 23.1 Å². The van der Waals surface area contributed by atoms with Gasteiger partial charge in [0.1, 0.15) is 5.82 Å². The first kappa shape index (κ1) is 16.6. The van der Waals surface area contributed by atoms with Gasteiger partial charge in [0, 0.05) is 0 Å². The van der Waals surface area contributed by atoms with Crippen molar-refractivity contribution in [3.63, 3.8) is 0 Å². The normalized spacial score (nSPS) is 11.0. The molecule has 6 heteroatoms. The van der Waals surface area contributed by atoms with Gasteiger partial charge < -0.3 is 19.2 Å². The number of hydrogen-bond acceptors (Lipinski definition) is 5. The molecule has 0 spiro atoms. The van der Waals surface area contributed by atoms with E-state index in [0.717, 1.165) is 5.56 Å². The van der Waals surface area contributed by atoms with Crippen molar-refractivity contribution in [2.75, 3.05) is 21.3 Å². The summed E-state index contributed by atoms with van der Waals surface area (Å²) in [5.41, 5.74) is 1.30. The SMILES string of the molecule is COc1cc(/C=C/c2nc3ccccc3c(=O)[nH]2)cc(OC)c1OC. The van der Waals surface area contributed by atoms with Crippen LogP contribution < -0.4 is 19.8 Å². The van der Waals surface area contributed by atoms with Crippen molar-refractivity contribution in [1.82, 2.24) is 9.97 Å². The van der Waals surface area contributed by atoms with Crippen LogP contribution >= 0.6 is 0 Å². The van der Waals surface area contributed by atoms with E-state index in [2.05, 4.69) is 9.97 Å². The zero-order valence-electron chi connectivity index (χ0n) is 14.2. The Hall–Kier alpha value is -3.28. The van der Waals surface area contributed by atoms with E-state index >= 15 is 0 Å². The summed E-state index contributed by atoms with van der Waals surface area (Å²) < 4.78 is 16.0. The van der Waals surface area contributed by atoms with E-state index in [0.29, 0.717) is 34.0 Å². The molecule has 6 nitrogen and oxygen atoms in total. The van der Waals surface area contributed by atoms with Crippen LogP contribution in [0.4, 0.5) is 0 Å². The Morgan fingerprint density at radius 3 is 2.28 bits per heavy atom. The fourth-order valence-electron chi connectivity index (χ4n) is 2.56. The van der Waals surface area contributed by atoms with Crippen LogP contribution in [0.2, 0.25) is 0 Å². The molecule has 1 heterocycles. The Morgan fingerprint density at radius 1 is 0.960 bits per heavy atom. The highest BCUT2D eigenvalue weighted by Crippen LogP contribution is 2.38. The largest absolute Gasteiger partial charge is 0.493 e. The summed E-state index contributed by atoms with van der Waals surface area (Å²) in [7, 11) is 4.68. The Kier molecular flexibility index (Phi) is 4.70. The van der Waals surface area contributed by atoms with E-state index in [1.54, 1.807) is 39.5 Å². The third-order valence-corrected chi connectivity index (χ3v) is 3.75. The highest BCUT2D eigenvalue weighted by Gasteiger charge is 2.12. The number of methoxy groups -OCH3 is 3. The predicted molar refractivity (Wildman–Crippen MR) is 97.4 cm³/mol. The highest BCUT2D eigenvalue weighted by molar-refractivity contribution is 5.79. The number of rotatable bonds is 5. The summed E-state index contributed by atoms with van der Waals surface area (Å²) in [5.74, 6) is 2.11. The van der Waals surface area contributed by atoms with Gasteiger partial charge in [-0.25, -0.2) is 4.98 Å². The van der Waals surface area contributed by atoms with Crippen molar-refractivity contribution in [3.05, 3.63) is 58.1 Å². The Labute approximate surface area is 144 Å². The average Bonchev–Trinajstić information content (AvgIpc) is 2.65. The Morgan fingerprint density at radius 2 is 1.64 bits per heavy atom. The second-order valence-corrected chi connectivity index (χ2v) is 5.26. The number of nitrogens with one attached hydrogen (secondary N) is 1. The Bertz CT molecular complexity index is 967. The fraction of sp³-hybridized carbons (Fsp3) is 0.158. The number of ether oxygens (including phenoxy) is 3. The smallest absolute Gasteiger partial charge is 0.259 e. The summed E-state index contributed by atoms with van der Waals surface area (Å²) in [5, 5.41) is 0.562. The number of aromatic nitrogens is 2. The fourth-order valence-corrected chi connectivity index (χ4v) is 2.56. The van der Waals surface area contributed by atoms with Crippen LogP contribution in [-0.2, 0) is 0 Å². The van der Waals surface area contributed by atoms with Gasteiger partial charge >= 0.3 is 0 Å². The molecular weight excluding hydrogens is 320 g/mol. The lowest BCUT2D eigenvalue weighted by Crippen LogP contribution is -2.09. The quantitative estimate of drug-likeness (QED) is 0.774. The van der Waals surface area contributed by atoms with Crippen LogP contribution in [0.1, 0.15) is 11.4 Å². The average molecular weight is 338 g/mol. The summed E-state index contributed by atoms with van der Waals surface area (Å²) in [6, 6.07) is 10.8. The molecule has 1 N–H and O–H groups in total. The molecule has 0 saturated carbocycles. The van der Waals surface area contributed by atoms with Crippen molar-refractivity contribution >= 4 is 23.1 Å². The third kappa shape index (κ3) is 3.33. The van der Waals surface area contributed by atoms with Crippen LogP contribution in [0, 0.1) is 0 Å². The third-order valence-electron chi connectivity index (χ3n) is 3.75. The van der Waals surface area contributed by atoms with Crippen LogP contribution in [0.5, 0.6) is 17.2 Å². The topological polar surface area (TPSA) is 73.4 Å². The first-order valence-electron chi connectivity index (χ1n) is 7.63. The molecule has 0 aliphatic heterocycles. The second kappa shape index (κ2) is 7.09. The van der Waals surface area contributed by atoms with Gasteiger partial charge in [-0.1, -0.05) is 18.2 Å². The maximum Gasteiger partial charge on any atom is 0.259 e. The van der Waals surface area contributed by atoms with E-state index in [-0.39, 0.29) is 5.56 Å². The van der Waals surface area contributed by atoms with Crippen molar-refractivity contribution < 1.29 is 14.2 Å². The molecule has 0 saturated heterocycles. The number of benzene rings is 2. The number of nitrogens with zero attached hydrogens (tertiary/aromatic N) is 1. The molecule has 0 bridgehead atoms. The summed E-state index contributed by atoms with van der Waals surface area (Å²) in [4.78, 5) is 19.3. The van der Waals surface area contributed by atoms with Gasteiger partial charge in [0.2, 0.25) is 5.75 Å². The van der Waals surface area contributed by atoms with Crippen LogP contribution in [0.15, 0.2) is 41.2 Å². The maximum atomic E-state index is 12.1. The first-order valence-corrected chi connectivity index (χ1v) is 7.63. The minimum absolute atomic E-state index is 0.171. The molecule has 0 radical (unpaired) electrons. The van der Waals surface area contributed by atoms with Crippen molar-refractivity contribution in [2.45, 2.75) is 0 Å². The summed E-state index contributed by atoms with van der Waals surface area (Å²) in [6.07, 6.45) is 3.55. The maximum absolute atomic E-state index is 12.1. The Balaban J connectivity index is 2.01. The van der Waals surface area contributed by atoms with Crippen LogP contribution in [0.3, 0.4) is 0 Å². The molecule has 2 aromatic carbocycles. The molecule has 0 aliphatic rings. The van der Waals surface area contributed by atoms with Gasteiger partial charge in [0.15, 0.2) is 11.5 Å². The molecule has 1 aromatic heterocycles. The van der Waals surface area contributed by atoms with Gasteiger partial charge in [-0.3, -0.25) is 4.79 Å². The van der Waals surface area contributed by atoms with Gasteiger partial charge in [-0.05, 0) is 35.9 Å². The summed E-state index contributed by atoms with van der Waals surface area (Å²) in [6.45, 7) is 0. The van der Waals surface area contributed by atoms with E-state index in [4.69, 9.17) is 14.2 Å². The molecule has 0 atom stereocenters. The van der Waals surface area contributed by atoms with E-state index in [9.17, 15) is 4.79 Å². The lowest BCUT2D eigenvalue weighted by atomic mass is 10.1. The number of hydrogen-bond donors (Lipinski definition) is 1. The molecule has 3 rings (SSSR count). The minimum atomic E-state index is -0.171. The van der Waals surface area contributed by atoms with Crippen molar-refractivity contribution in [1.29, 1.82) is 0 Å². The number of H-pyrrole nitrogens is 1. The molecule has 0 aliphatic carbocycles. The standard InChI is InChI=1S/C19H18N2O4/c1-23-15-10-12(11-16(24-2)18(15)25-3)8-9-17-20-14-7-5-4-6-13(14)19(22)21-17/h4-11H,1-3H3,(H,20,21,22)/b9-8+. The highest BCUT2D eigenvalue weighted by atomic mass is 16.5. The monoisotopic (exact) mass is 338 g/mol. The summed E-state index contributed by atoms with van der Waals surface area (Å²) >= 11 is 0. The lowest BCUT2D eigenvalue weighted by molar-refractivity contribution is 0.324. The number of fused-ring (bicyclic) bond motifs is 1. The van der Waals surface area contributed by atoms with E-state index in [1.165, 1.54) is 0 Å². The van der Waals surface area contributed by atoms with Gasteiger partial charge in [0.25, 0.3) is 5.56 Å². The molecule has 0 fully saturated rings. The number of para-hydroxylation sites is 1. The zero-order valence-corrected chi connectivity index (χ0v) is 14.2. The molecule has 0 amide bonds. The zero-order chi connectivity index (χ0) is 17.8. The number of aromatic amines is 1. The second-order valence-electron chi connectivity index (χ2n) is 5.26. The van der Waals surface area contributed by atoms with Crippen molar-refractivity contribution in [2.24, 2.45) is 0 Å². The molecule has 25 heavy (non-hydrogen) atoms. The van der Waals surface area contributed by atoms with E-state index in [1.807, 2.05) is 30.3 Å². The molecule has 0 unspecified atom stereocenters. The van der Waals surface area contributed by atoms with Crippen molar-refractivity contribution in [3.8, 4) is 17.2 Å². The molecule has 128 valence electrons. The first-order chi connectivity index (χ1) is 12.2. The van der Waals surface area contributed by atoms with E-state index < -0.39 is 0 Å². The van der Waals surface area contributed by atoms with Crippen LogP contribution in [-0.4, -0.2) is 31.3 Å². The molecule has 3 aromatic rings. The lowest BCUT2D eigenvalue weighted by Gasteiger charge is -2.12. The van der Waals surface area contributed by atoms with Gasteiger partial charge in [-0.2, -0.15) is 0 Å². The molecular formula is C19H18N2O4. The van der Waals surface area contributed by atoms with Gasteiger partial charge in [0.05, 0.1) is 32.2 Å². The van der Waals surface area contributed by atoms with Gasteiger partial charge in [-0.15, -0.1) is 0 Å².